The highest BCUT2D eigenvalue weighted by molar-refractivity contribution is 5.95. The van der Waals surface area contributed by atoms with E-state index in [-0.39, 0.29) is 5.91 Å². The molecule has 142 valence electrons. The number of carbonyl (C=O) groups excluding carboxylic acids is 2. The lowest BCUT2D eigenvalue weighted by atomic mass is 10.1. The molecule has 0 bridgehead atoms. The molecule has 6 nitrogen and oxygen atoms in total. The summed E-state index contributed by atoms with van der Waals surface area (Å²) >= 11 is 0. The van der Waals surface area contributed by atoms with Crippen LogP contribution in [0.4, 0.5) is 4.39 Å². The van der Waals surface area contributed by atoms with Gasteiger partial charge in [-0.25, -0.2) is 9.37 Å². The monoisotopic (exact) mass is 378 g/mol. The van der Waals surface area contributed by atoms with Gasteiger partial charge in [0, 0.05) is 29.7 Å². The maximum Gasteiger partial charge on any atom is 0.254 e. The Morgan fingerprint density at radius 2 is 1.93 bits per heavy atom. The molecular weight excluding hydrogens is 359 g/mol. The minimum absolute atomic E-state index is 0.190. The Hall–Kier alpha value is -3.48. The number of rotatable bonds is 3. The summed E-state index contributed by atoms with van der Waals surface area (Å²) in [5, 5.41) is 0. The number of nitrogens with zero attached hydrogens (tertiary/aromatic N) is 2. The van der Waals surface area contributed by atoms with Crippen LogP contribution in [0, 0.1) is 12.7 Å². The van der Waals surface area contributed by atoms with Gasteiger partial charge >= 0.3 is 0 Å². The van der Waals surface area contributed by atoms with Crippen molar-refractivity contribution in [2.45, 2.75) is 19.9 Å². The third kappa shape index (κ3) is 3.26. The summed E-state index contributed by atoms with van der Waals surface area (Å²) in [6.45, 7) is 2.70. The minimum atomic E-state index is -0.480. The summed E-state index contributed by atoms with van der Waals surface area (Å²) < 4.78 is 13.6. The van der Waals surface area contributed by atoms with Crippen LogP contribution in [0.1, 0.15) is 37.7 Å². The smallest absolute Gasteiger partial charge is 0.254 e. The number of hydrogen-bond acceptors (Lipinski definition) is 3. The number of halogens is 1. The second-order valence-electron chi connectivity index (χ2n) is 6.89. The average Bonchev–Trinajstić information content (AvgIpc) is 3.12. The van der Waals surface area contributed by atoms with Crippen molar-refractivity contribution in [2.24, 2.45) is 5.73 Å². The highest BCUT2D eigenvalue weighted by Gasteiger charge is 2.26. The average molecular weight is 378 g/mol. The summed E-state index contributed by atoms with van der Waals surface area (Å²) in [7, 11) is 0. The molecule has 28 heavy (non-hydrogen) atoms. The van der Waals surface area contributed by atoms with Crippen molar-refractivity contribution in [3.05, 3.63) is 76.4 Å². The Balaban J connectivity index is 1.57. The quantitative estimate of drug-likeness (QED) is 0.734. The second kappa shape index (κ2) is 6.92. The van der Waals surface area contributed by atoms with E-state index in [4.69, 9.17) is 5.73 Å². The van der Waals surface area contributed by atoms with E-state index < -0.39 is 11.7 Å². The van der Waals surface area contributed by atoms with Crippen LogP contribution in [0.2, 0.25) is 0 Å². The molecule has 2 aromatic carbocycles. The van der Waals surface area contributed by atoms with E-state index in [2.05, 4.69) is 9.97 Å². The molecule has 2 amide bonds. The zero-order valence-corrected chi connectivity index (χ0v) is 15.3. The molecule has 7 heteroatoms. The molecule has 0 saturated carbocycles. The normalized spacial score (nSPS) is 13.3. The van der Waals surface area contributed by atoms with E-state index in [0.717, 1.165) is 22.5 Å². The first-order valence-corrected chi connectivity index (χ1v) is 8.96. The first-order chi connectivity index (χ1) is 13.4. The maximum absolute atomic E-state index is 13.6. The fraction of sp³-hybridized carbons (Fsp3) is 0.190. The first-order valence-electron chi connectivity index (χ1n) is 8.96. The van der Waals surface area contributed by atoms with Crippen molar-refractivity contribution in [2.75, 3.05) is 6.54 Å². The predicted molar refractivity (Wildman–Crippen MR) is 102 cm³/mol. The molecule has 2 heterocycles. The molecule has 0 atom stereocenters. The lowest BCUT2D eigenvalue weighted by Crippen LogP contribution is -2.36. The van der Waals surface area contributed by atoms with Gasteiger partial charge in [0.05, 0.1) is 17.9 Å². The standard InChI is InChI=1S/C21H19FN4O2/c1-12-2-7-15(22)10-16(12)21(28)26-9-8-17-18(11-26)25-20(24-17)14-5-3-13(4-6-14)19(23)27/h2-7,10H,8-9,11H2,1H3,(H2,23,27)(H,24,25). The lowest BCUT2D eigenvalue weighted by Gasteiger charge is -2.26. The van der Waals surface area contributed by atoms with Gasteiger partial charge < -0.3 is 15.6 Å². The predicted octanol–water partition coefficient (Wildman–Crippen LogP) is 2.82. The lowest BCUT2D eigenvalue weighted by molar-refractivity contribution is 0.0730. The van der Waals surface area contributed by atoms with Crippen molar-refractivity contribution in [1.82, 2.24) is 14.9 Å². The van der Waals surface area contributed by atoms with Crippen LogP contribution in [0.25, 0.3) is 11.4 Å². The van der Waals surface area contributed by atoms with Gasteiger partial charge in [0.2, 0.25) is 5.91 Å². The molecule has 0 aliphatic carbocycles. The number of carbonyl (C=O) groups is 2. The summed E-state index contributed by atoms with van der Waals surface area (Å²) in [5.74, 6) is -0.413. The highest BCUT2D eigenvalue weighted by atomic mass is 19.1. The molecule has 0 saturated heterocycles. The van der Waals surface area contributed by atoms with E-state index in [1.165, 1.54) is 12.1 Å². The fourth-order valence-electron chi connectivity index (χ4n) is 3.39. The van der Waals surface area contributed by atoms with Crippen LogP contribution in [-0.2, 0) is 13.0 Å². The number of nitrogens with two attached hydrogens (primary N) is 1. The zero-order valence-electron chi connectivity index (χ0n) is 15.3. The molecule has 3 N–H and O–H groups in total. The van der Waals surface area contributed by atoms with E-state index in [1.54, 1.807) is 42.2 Å². The van der Waals surface area contributed by atoms with E-state index in [1.807, 2.05) is 0 Å². The van der Waals surface area contributed by atoms with Crippen molar-refractivity contribution < 1.29 is 14.0 Å². The van der Waals surface area contributed by atoms with E-state index in [0.29, 0.717) is 36.5 Å². The molecule has 1 aromatic heterocycles. The SMILES string of the molecule is Cc1ccc(F)cc1C(=O)N1CCc2nc(-c3ccc(C(N)=O)cc3)[nH]c2C1. The molecule has 0 radical (unpaired) electrons. The number of H-pyrrole nitrogens is 1. The van der Waals surface area contributed by atoms with Crippen LogP contribution in [0.15, 0.2) is 42.5 Å². The maximum atomic E-state index is 13.6. The molecule has 0 fully saturated rings. The van der Waals surface area contributed by atoms with Crippen LogP contribution < -0.4 is 5.73 Å². The third-order valence-corrected chi connectivity index (χ3v) is 4.99. The Morgan fingerprint density at radius 1 is 1.18 bits per heavy atom. The van der Waals surface area contributed by atoms with Gasteiger partial charge in [-0.2, -0.15) is 0 Å². The number of primary amides is 1. The van der Waals surface area contributed by atoms with Gasteiger partial charge in [-0.05, 0) is 36.8 Å². The molecule has 0 spiro atoms. The number of fused-ring (bicyclic) bond motifs is 1. The molecule has 1 aliphatic heterocycles. The number of aromatic amines is 1. The first kappa shape index (κ1) is 17.9. The molecule has 0 unspecified atom stereocenters. The van der Waals surface area contributed by atoms with Crippen LogP contribution in [0.5, 0.6) is 0 Å². The van der Waals surface area contributed by atoms with Gasteiger partial charge in [0.15, 0.2) is 0 Å². The number of nitrogens with one attached hydrogen (secondary N) is 1. The fourth-order valence-corrected chi connectivity index (χ4v) is 3.39. The molecule has 1 aliphatic rings. The van der Waals surface area contributed by atoms with Gasteiger partial charge in [-0.3, -0.25) is 9.59 Å². The summed E-state index contributed by atoms with van der Waals surface area (Å²) in [5.41, 5.74) is 9.44. The topological polar surface area (TPSA) is 92.1 Å². The van der Waals surface area contributed by atoms with Crippen LogP contribution in [-0.4, -0.2) is 33.2 Å². The van der Waals surface area contributed by atoms with Crippen molar-refractivity contribution in [3.63, 3.8) is 0 Å². The summed E-state index contributed by atoms with van der Waals surface area (Å²) in [6, 6.07) is 11.1. The molecule has 3 aromatic rings. The van der Waals surface area contributed by atoms with Gasteiger partial charge in [0.1, 0.15) is 11.6 Å². The van der Waals surface area contributed by atoms with Crippen LogP contribution in [0.3, 0.4) is 0 Å². The van der Waals surface area contributed by atoms with Crippen molar-refractivity contribution >= 4 is 11.8 Å². The highest BCUT2D eigenvalue weighted by Crippen LogP contribution is 2.24. The summed E-state index contributed by atoms with van der Waals surface area (Å²) in [4.78, 5) is 33.6. The van der Waals surface area contributed by atoms with E-state index in [9.17, 15) is 14.0 Å². The van der Waals surface area contributed by atoms with Crippen molar-refractivity contribution in [3.8, 4) is 11.4 Å². The number of amides is 2. The Kier molecular flexibility index (Phi) is 4.43. The summed E-state index contributed by atoms with van der Waals surface area (Å²) in [6.07, 6.45) is 0.616. The van der Waals surface area contributed by atoms with Gasteiger partial charge in [-0.1, -0.05) is 18.2 Å². The second-order valence-corrected chi connectivity index (χ2v) is 6.89. The Bertz CT molecular complexity index is 1070. The van der Waals surface area contributed by atoms with Gasteiger partial charge in [-0.15, -0.1) is 0 Å². The number of aromatic nitrogens is 2. The number of hydrogen-bond donors (Lipinski definition) is 2. The Morgan fingerprint density at radius 3 is 2.64 bits per heavy atom. The molecular formula is C21H19FN4O2. The Labute approximate surface area is 161 Å². The van der Waals surface area contributed by atoms with Crippen molar-refractivity contribution in [1.29, 1.82) is 0 Å². The minimum Gasteiger partial charge on any atom is -0.366 e. The number of imidazole rings is 1. The third-order valence-electron chi connectivity index (χ3n) is 4.99. The number of aryl methyl sites for hydroxylation is 1. The van der Waals surface area contributed by atoms with Crippen LogP contribution >= 0.6 is 0 Å². The molecule has 4 rings (SSSR count). The van der Waals surface area contributed by atoms with Gasteiger partial charge in [0.25, 0.3) is 5.91 Å². The zero-order chi connectivity index (χ0) is 19.8. The largest absolute Gasteiger partial charge is 0.366 e. The van der Waals surface area contributed by atoms with E-state index >= 15 is 0 Å². The number of benzene rings is 2.